The zero-order valence-electron chi connectivity index (χ0n) is 4.87. The van der Waals surface area contributed by atoms with E-state index >= 15 is 0 Å². The quantitative estimate of drug-likeness (QED) is 0.712. The van der Waals surface area contributed by atoms with Crippen molar-refractivity contribution in [2.75, 3.05) is 13.2 Å². The van der Waals surface area contributed by atoms with Gasteiger partial charge in [-0.05, 0) is 0 Å². The molecule has 0 aliphatic carbocycles. The first-order chi connectivity index (χ1) is 4.50. The molecular weight excluding hydrogens is 222 g/mol. The van der Waals surface area contributed by atoms with Gasteiger partial charge < -0.3 is 0 Å². The average Bonchev–Trinajstić information content (AvgIpc) is 1.84. The molecule has 0 saturated heterocycles. The molecule has 10 heavy (non-hydrogen) atoms. The Bertz CT molecular complexity index is 175. The van der Waals surface area contributed by atoms with Crippen LogP contribution in [-0.2, 0) is 25.3 Å². The van der Waals surface area contributed by atoms with Crippen LogP contribution in [0.5, 0.6) is 0 Å². The average molecular weight is 228 g/mol. The first kappa shape index (κ1) is 10.7. The third kappa shape index (κ3) is 3.76. The van der Waals surface area contributed by atoms with Crippen molar-refractivity contribution >= 4 is 23.2 Å². The van der Waals surface area contributed by atoms with Crippen LogP contribution in [0.15, 0.2) is 0 Å². The number of aliphatic hydroxyl groups excluding tert-OH is 1. The van der Waals surface area contributed by atoms with E-state index in [4.69, 9.17) is 28.3 Å². The molecule has 0 rings (SSSR count). The van der Waals surface area contributed by atoms with Crippen molar-refractivity contribution in [2.45, 2.75) is 3.55 Å². The second-order valence-corrected chi connectivity index (χ2v) is 6.34. The maximum absolute atomic E-state index is 10.6. The van der Waals surface area contributed by atoms with Gasteiger partial charge in [-0.3, -0.25) is 0 Å². The monoisotopic (exact) mass is 227 g/mol. The number of halogens is 2. The molecule has 4 nitrogen and oxygen atoms in total. The van der Waals surface area contributed by atoms with Crippen LogP contribution >= 0.6 is 23.2 Å². The van der Waals surface area contributed by atoms with Gasteiger partial charge in [0.1, 0.15) is 0 Å². The molecule has 1 N–H and O–H groups in total. The number of aliphatic hydroxyl groups is 1. The molecule has 0 saturated carbocycles. The number of hydrogen-bond donors (Lipinski definition) is 1. The summed E-state index contributed by atoms with van der Waals surface area (Å²) < 4.78 is 23.8. The molecule has 0 unspecified atom stereocenters. The fourth-order valence-electron chi connectivity index (χ4n) is 0.224. The fraction of sp³-hybridized carbons (Fsp3) is 1.00. The second kappa shape index (κ2) is 4.54. The SMILES string of the molecule is [O]=[V](=[O])([O]CCO)[CH](Cl)Cl. The molecule has 0 fully saturated rings. The Kier molecular flexibility index (Phi) is 4.85. The molecule has 0 aliphatic heterocycles. The van der Waals surface area contributed by atoms with Gasteiger partial charge >= 0.3 is 70.4 Å². The molecular formula is C3H6Cl2O4V. The van der Waals surface area contributed by atoms with Gasteiger partial charge in [-0.25, -0.2) is 0 Å². The van der Waals surface area contributed by atoms with E-state index in [9.17, 15) is 7.35 Å². The van der Waals surface area contributed by atoms with Crippen LogP contribution in [0.4, 0.5) is 0 Å². The van der Waals surface area contributed by atoms with E-state index in [-0.39, 0.29) is 13.2 Å². The van der Waals surface area contributed by atoms with Crippen LogP contribution in [-0.4, -0.2) is 21.9 Å². The third-order valence-corrected chi connectivity index (χ3v) is 4.17. The molecule has 0 spiro atoms. The number of alkyl halides is 2. The van der Waals surface area contributed by atoms with Crippen molar-refractivity contribution in [3.05, 3.63) is 0 Å². The zero-order chi connectivity index (χ0) is 8.20. The van der Waals surface area contributed by atoms with Gasteiger partial charge in [-0.1, -0.05) is 0 Å². The van der Waals surface area contributed by atoms with Crippen molar-refractivity contribution < 1.29 is 30.4 Å². The predicted molar refractivity (Wildman–Crippen MR) is 29.9 cm³/mol. The van der Waals surface area contributed by atoms with E-state index in [0.717, 1.165) is 0 Å². The van der Waals surface area contributed by atoms with E-state index in [1.54, 1.807) is 0 Å². The molecule has 0 heterocycles. The summed E-state index contributed by atoms with van der Waals surface area (Å²) in [6.07, 6.45) is 0. The third-order valence-electron chi connectivity index (χ3n) is 0.602. The van der Waals surface area contributed by atoms with Gasteiger partial charge in [0.2, 0.25) is 0 Å². The first-order valence-electron chi connectivity index (χ1n) is 2.35. The van der Waals surface area contributed by atoms with E-state index < -0.39 is 17.8 Å². The van der Waals surface area contributed by atoms with Crippen LogP contribution in [0.3, 0.4) is 0 Å². The van der Waals surface area contributed by atoms with Crippen molar-refractivity contribution in [2.24, 2.45) is 0 Å². The van der Waals surface area contributed by atoms with E-state index in [1.165, 1.54) is 0 Å². The first-order valence-corrected chi connectivity index (χ1v) is 5.74. The molecule has 0 radical (unpaired) electrons. The summed E-state index contributed by atoms with van der Waals surface area (Å²) in [5.41, 5.74) is 0. The molecule has 0 aromatic heterocycles. The Labute approximate surface area is 70.5 Å². The normalized spacial score (nSPS) is 12.4. The Hall–Kier alpha value is 0.684. The maximum atomic E-state index is 10.6. The molecule has 0 bridgehead atoms. The van der Waals surface area contributed by atoms with E-state index in [0.29, 0.717) is 0 Å². The van der Waals surface area contributed by atoms with Crippen molar-refractivity contribution in [1.82, 2.24) is 0 Å². The Balaban J connectivity index is 3.90. The van der Waals surface area contributed by atoms with Gasteiger partial charge in [-0.15, -0.1) is 0 Å². The van der Waals surface area contributed by atoms with Crippen LogP contribution in [0.2, 0.25) is 0 Å². The molecule has 0 atom stereocenters. The van der Waals surface area contributed by atoms with Crippen LogP contribution in [0.25, 0.3) is 0 Å². The Morgan fingerprint density at radius 3 is 2.30 bits per heavy atom. The van der Waals surface area contributed by atoms with Crippen molar-refractivity contribution in [1.29, 1.82) is 0 Å². The summed E-state index contributed by atoms with van der Waals surface area (Å²) in [5.74, 6) is 0. The molecule has 0 aromatic rings. The molecule has 0 amide bonds. The number of rotatable bonds is 4. The summed E-state index contributed by atoms with van der Waals surface area (Å²) >= 11 is 5.28. The number of hydrogen-bond acceptors (Lipinski definition) is 4. The molecule has 0 aliphatic rings. The molecule has 61 valence electrons. The van der Waals surface area contributed by atoms with Crippen LogP contribution in [0, 0.1) is 0 Å². The van der Waals surface area contributed by atoms with Crippen LogP contribution < -0.4 is 0 Å². The van der Waals surface area contributed by atoms with E-state index in [2.05, 4.69) is 3.66 Å². The summed E-state index contributed by atoms with van der Waals surface area (Å²) in [5, 5.41) is 8.15. The van der Waals surface area contributed by atoms with Gasteiger partial charge in [0, 0.05) is 0 Å². The minimum absolute atomic E-state index is 0.282. The minimum atomic E-state index is -4.75. The summed E-state index contributed by atoms with van der Waals surface area (Å²) in [4.78, 5) is 0. The fourth-order valence-corrected chi connectivity index (χ4v) is 1.39. The topological polar surface area (TPSA) is 63.6 Å². The van der Waals surface area contributed by atoms with Crippen LogP contribution in [0.1, 0.15) is 0 Å². The van der Waals surface area contributed by atoms with Gasteiger partial charge in [-0.2, -0.15) is 0 Å². The summed E-state index contributed by atoms with van der Waals surface area (Å²) in [6.45, 7) is -0.649. The van der Waals surface area contributed by atoms with Gasteiger partial charge in [0.15, 0.2) is 0 Å². The Morgan fingerprint density at radius 2 is 2.00 bits per heavy atom. The van der Waals surface area contributed by atoms with Crippen molar-refractivity contribution in [3.63, 3.8) is 0 Å². The van der Waals surface area contributed by atoms with Gasteiger partial charge in [0.05, 0.1) is 0 Å². The predicted octanol–water partition coefficient (Wildman–Crippen LogP) is 0.516. The van der Waals surface area contributed by atoms with Gasteiger partial charge in [0.25, 0.3) is 0 Å². The standard InChI is InChI=1S/C2H5O2.CHCl2.2O.V/c3-1-2-4;2-1-3;;;/h3H,1-2H2;1H;;;/q-1;;;;+1. The molecule has 0 aromatic carbocycles. The van der Waals surface area contributed by atoms with Crippen molar-refractivity contribution in [3.8, 4) is 0 Å². The zero-order valence-corrected chi connectivity index (χ0v) is 7.78. The molecule has 7 heteroatoms. The summed E-state index contributed by atoms with van der Waals surface area (Å²) in [7, 11) is 0. The summed E-state index contributed by atoms with van der Waals surface area (Å²) in [6, 6.07) is 0. The second-order valence-electron chi connectivity index (χ2n) is 1.37. The van der Waals surface area contributed by atoms with E-state index in [1.807, 2.05) is 0 Å². The Morgan fingerprint density at radius 1 is 1.50 bits per heavy atom.